The summed E-state index contributed by atoms with van der Waals surface area (Å²) in [5.74, 6) is -0.801. The number of para-hydroxylation sites is 1. The molecule has 0 saturated carbocycles. The molecular formula is C17H12BrN3O2S. The Morgan fingerprint density at radius 1 is 1.21 bits per heavy atom. The number of aromatic nitrogens is 2. The Morgan fingerprint density at radius 2 is 1.92 bits per heavy atom. The maximum atomic E-state index is 11.7. The molecular weight excluding hydrogens is 390 g/mol. The average Bonchev–Trinajstić information content (AvgIpc) is 3.10. The van der Waals surface area contributed by atoms with Crippen LogP contribution < -0.4 is 5.73 Å². The van der Waals surface area contributed by atoms with Crippen LogP contribution in [0, 0.1) is 0 Å². The number of hydrogen-bond donors (Lipinski definition) is 2. The first kappa shape index (κ1) is 15.3. The van der Waals surface area contributed by atoms with Crippen molar-refractivity contribution in [2.45, 2.75) is 6.10 Å². The van der Waals surface area contributed by atoms with Gasteiger partial charge in [-0.2, -0.15) is 0 Å². The number of fused-ring (bicyclic) bond motifs is 3. The number of benzene rings is 2. The van der Waals surface area contributed by atoms with E-state index in [1.807, 2.05) is 52.9 Å². The molecule has 0 aliphatic rings. The van der Waals surface area contributed by atoms with E-state index in [1.54, 1.807) is 0 Å². The molecule has 2 aromatic heterocycles. The van der Waals surface area contributed by atoms with E-state index < -0.39 is 12.0 Å². The van der Waals surface area contributed by atoms with Gasteiger partial charge in [0.25, 0.3) is 5.91 Å². The lowest BCUT2D eigenvalue weighted by Crippen LogP contribution is -2.22. The second-order valence-electron chi connectivity index (χ2n) is 5.35. The number of primary amides is 1. The van der Waals surface area contributed by atoms with Gasteiger partial charge >= 0.3 is 0 Å². The molecule has 1 amide bonds. The van der Waals surface area contributed by atoms with Gasteiger partial charge in [-0.25, -0.2) is 4.98 Å². The third kappa shape index (κ3) is 2.32. The van der Waals surface area contributed by atoms with Gasteiger partial charge in [-0.05, 0) is 24.3 Å². The fraction of sp³-hybridized carbons (Fsp3) is 0.0588. The molecule has 0 bridgehead atoms. The number of amides is 1. The predicted octanol–water partition coefficient (Wildman–Crippen LogP) is 3.50. The quantitative estimate of drug-likeness (QED) is 0.551. The molecule has 0 aliphatic carbocycles. The SMILES string of the molecule is NC(=O)C(O)c1c(-c2ccc(Br)cc2)nc2sc3ccccc3n12. The first-order valence-corrected chi connectivity index (χ1v) is 8.80. The molecule has 4 aromatic rings. The highest BCUT2D eigenvalue weighted by Gasteiger charge is 2.26. The third-order valence-corrected chi connectivity index (χ3v) is 5.39. The summed E-state index contributed by atoms with van der Waals surface area (Å²) in [5.41, 5.74) is 8.03. The van der Waals surface area contributed by atoms with Crippen molar-refractivity contribution in [3.63, 3.8) is 0 Å². The second kappa shape index (κ2) is 5.70. The summed E-state index contributed by atoms with van der Waals surface area (Å²) >= 11 is 4.90. The molecule has 3 N–H and O–H groups in total. The normalized spacial score (nSPS) is 12.8. The van der Waals surface area contributed by atoms with E-state index in [4.69, 9.17) is 5.73 Å². The van der Waals surface area contributed by atoms with Crippen LogP contribution in [0.4, 0.5) is 0 Å². The lowest BCUT2D eigenvalue weighted by molar-refractivity contribution is -0.126. The Labute approximate surface area is 149 Å². The lowest BCUT2D eigenvalue weighted by Gasteiger charge is -2.09. The number of halogens is 1. The molecule has 2 heterocycles. The third-order valence-electron chi connectivity index (χ3n) is 3.84. The molecule has 5 nitrogen and oxygen atoms in total. The number of carbonyl (C=O) groups excluding carboxylic acids is 1. The van der Waals surface area contributed by atoms with Crippen LogP contribution in [-0.2, 0) is 4.79 Å². The van der Waals surface area contributed by atoms with E-state index in [0.717, 1.165) is 20.3 Å². The van der Waals surface area contributed by atoms with E-state index in [1.165, 1.54) is 11.3 Å². The number of thiazole rings is 1. The minimum absolute atomic E-state index is 0.400. The van der Waals surface area contributed by atoms with Gasteiger partial charge in [0.1, 0.15) is 0 Å². The maximum absolute atomic E-state index is 11.7. The molecule has 4 rings (SSSR count). The van der Waals surface area contributed by atoms with Gasteiger partial charge in [0.15, 0.2) is 11.1 Å². The maximum Gasteiger partial charge on any atom is 0.252 e. The molecule has 24 heavy (non-hydrogen) atoms. The van der Waals surface area contributed by atoms with Crippen molar-refractivity contribution in [1.29, 1.82) is 0 Å². The fourth-order valence-electron chi connectivity index (χ4n) is 2.75. The fourth-order valence-corrected chi connectivity index (χ4v) is 4.04. The van der Waals surface area contributed by atoms with Gasteiger partial charge in [-0.15, -0.1) is 0 Å². The summed E-state index contributed by atoms with van der Waals surface area (Å²) in [6, 6.07) is 15.3. The average molecular weight is 402 g/mol. The number of aliphatic hydroxyl groups excluding tert-OH is 1. The molecule has 1 unspecified atom stereocenters. The summed E-state index contributed by atoms with van der Waals surface area (Å²) < 4.78 is 3.78. The summed E-state index contributed by atoms with van der Waals surface area (Å²) in [6.07, 6.45) is -1.43. The Hall–Kier alpha value is -2.22. The highest BCUT2D eigenvalue weighted by molar-refractivity contribution is 9.10. The van der Waals surface area contributed by atoms with Crippen LogP contribution in [0.25, 0.3) is 26.4 Å². The van der Waals surface area contributed by atoms with Gasteiger partial charge in [0.05, 0.1) is 21.6 Å². The zero-order valence-corrected chi connectivity index (χ0v) is 14.7. The van der Waals surface area contributed by atoms with E-state index >= 15 is 0 Å². The number of nitrogens with zero attached hydrogens (tertiary/aromatic N) is 2. The van der Waals surface area contributed by atoms with E-state index in [9.17, 15) is 9.90 Å². The standard InChI is InChI=1S/C17H12BrN3O2S/c18-10-7-5-9(6-8-10)13-14(15(22)16(19)23)21-11-3-1-2-4-12(11)24-17(21)20-13/h1-8,15,22H,(H2,19,23). The van der Waals surface area contributed by atoms with E-state index in [2.05, 4.69) is 20.9 Å². The molecule has 120 valence electrons. The molecule has 0 saturated heterocycles. The van der Waals surface area contributed by atoms with Crippen LogP contribution in [0.2, 0.25) is 0 Å². The largest absolute Gasteiger partial charge is 0.377 e. The van der Waals surface area contributed by atoms with Crippen molar-refractivity contribution in [2.75, 3.05) is 0 Å². The first-order chi connectivity index (χ1) is 11.6. The molecule has 0 radical (unpaired) electrons. The summed E-state index contributed by atoms with van der Waals surface area (Å²) in [5, 5.41) is 10.4. The molecule has 0 fully saturated rings. The molecule has 0 spiro atoms. The summed E-state index contributed by atoms with van der Waals surface area (Å²) in [6.45, 7) is 0. The smallest absolute Gasteiger partial charge is 0.252 e. The zero-order chi connectivity index (χ0) is 16.8. The number of imidazole rings is 1. The topological polar surface area (TPSA) is 80.6 Å². The minimum atomic E-state index is -1.43. The van der Waals surface area contributed by atoms with Crippen molar-refractivity contribution < 1.29 is 9.90 Å². The first-order valence-electron chi connectivity index (χ1n) is 7.19. The molecule has 7 heteroatoms. The Kier molecular flexibility index (Phi) is 3.64. The van der Waals surface area contributed by atoms with Crippen LogP contribution in [-0.4, -0.2) is 20.4 Å². The summed E-state index contributed by atoms with van der Waals surface area (Å²) in [4.78, 5) is 17.0. The Balaban J connectivity index is 2.07. The van der Waals surface area contributed by atoms with Gasteiger partial charge in [0, 0.05) is 10.0 Å². The predicted molar refractivity (Wildman–Crippen MR) is 97.9 cm³/mol. The number of rotatable bonds is 3. The van der Waals surface area contributed by atoms with Gasteiger partial charge in [-0.3, -0.25) is 9.20 Å². The number of hydrogen-bond acceptors (Lipinski definition) is 4. The van der Waals surface area contributed by atoms with E-state index in [0.29, 0.717) is 16.3 Å². The van der Waals surface area contributed by atoms with Crippen molar-refractivity contribution >= 4 is 48.4 Å². The van der Waals surface area contributed by atoms with Crippen molar-refractivity contribution in [1.82, 2.24) is 9.38 Å². The van der Waals surface area contributed by atoms with Crippen LogP contribution in [0.3, 0.4) is 0 Å². The van der Waals surface area contributed by atoms with Crippen LogP contribution in [0.1, 0.15) is 11.8 Å². The zero-order valence-electron chi connectivity index (χ0n) is 12.3. The minimum Gasteiger partial charge on any atom is -0.377 e. The summed E-state index contributed by atoms with van der Waals surface area (Å²) in [7, 11) is 0. The Morgan fingerprint density at radius 3 is 2.62 bits per heavy atom. The van der Waals surface area contributed by atoms with Crippen molar-refractivity contribution in [3.8, 4) is 11.3 Å². The van der Waals surface area contributed by atoms with Crippen LogP contribution in [0.15, 0.2) is 53.0 Å². The lowest BCUT2D eigenvalue weighted by atomic mass is 10.1. The Bertz CT molecular complexity index is 1070. The second-order valence-corrected chi connectivity index (χ2v) is 7.27. The van der Waals surface area contributed by atoms with Crippen LogP contribution >= 0.6 is 27.3 Å². The number of aliphatic hydroxyl groups is 1. The highest BCUT2D eigenvalue weighted by atomic mass is 79.9. The van der Waals surface area contributed by atoms with Crippen molar-refractivity contribution in [2.24, 2.45) is 5.73 Å². The van der Waals surface area contributed by atoms with E-state index in [-0.39, 0.29) is 0 Å². The molecule has 1 atom stereocenters. The van der Waals surface area contributed by atoms with Crippen molar-refractivity contribution in [3.05, 3.63) is 58.7 Å². The monoisotopic (exact) mass is 401 g/mol. The molecule has 0 aliphatic heterocycles. The van der Waals surface area contributed by atoms with Gasteiger partial charge in [-0.1, -0.05) is 51.5 Å². The number of nitrogens with two attached hydrogens (primary N) is 1. The highest BCUT2D eigenvalue weighted by Crippen LogP contribution is 2.36. The molecule has 2 aromatic carbocycles. The number of carbonyl (C=O) groups is 1. The van der Waals surface area contributed by atoms with Crippen LogP contribution in [0.5, 0.6) is 0 Å². The van der Waals surface area contributed by atoms with Gasteiger partial charge in [0.2, 0.25) is 0 Å². The van der Waals surface area contributed by atoms with Gasteiger partial charge < -0.3 is 10.8 Å².